The second-order valence-electron chi connectivity index (χ2n) is 7.25. The summed E-state index contributed by atoms with van der Waals surface area (Å²) in [5, 5.41) is 3.31. The van der Waals surface area contributed by atoms with Gasteiger partial charge in [0.2, 0.25) is 0 Å². The van der Waals surface area contributed by atoms with Gasteiger partial charge in [-0.3, -0.25) is 0 Å². The lowest BCUT2D eigenvalue weighted by Gasteiger charge is -2.09. The summed E-state index contributed by atoms with van der Waals surface area (Å²) in [6.45, 7) is 6.38. The molecule has 0 amide bonds. The van der Waals surface area contributed by atoms with E-state index < -0.39 is 0 Å². The molecule has 0 spiro atoms. The highest BCUT2D eigenvalue weighted by Gasteiger charge is 2.06. The number of hydrogen-bond acceptors (Lipinski definition) is 8. The molecule has 0 saturated carbocycles. The Balaban J connectivity index is 1.38. The number of esters is 1. The van der Waals surface area contributed by atoms with Crippen LogP contribution in [0.15, 0.2) is 48.5 Å². The molecule has 0 saturated heterocycles. The monoisotopic (exact) mass is 460 g/mol. The van der Waals surface area contributed by atoms with Gasteiger partial charge >= 0.3 is 5.97 Å². The lowest BCUT2D eigenvalue weighted by molar-refractivity contribution is -0.00222. The number of rotatable bonds is 18. The van der Waals surface area contributed by atoms with Gasteiger partial charge in [0.15, 0.2) is 0 Å². The Morgan fingerprint density at radius 3 is 1.97 bits per heavy atom. The van der Waals surface area contributed by atoms with Crippen LogP contribution in [0.1, 0.15) is 30.1 Å². The summed E-state index contributed by atoms with van der Waals surface area (Å²) in [6, 6.07) is 14.5. The Bertz CT molecular complexity index is 767. The molecule has 0 unspecified atom stereocenters. The molecule has 8 nitrogen and oxygen atoms in total. The summed E-state index contributed by atoms with van der Waals surface area (Å²) >= 11 is 0. The van der Waals surface area contributed by atoms with Crippen LogP contribution in [0.2, 0.25) is 0 Å². The second-order valence-corrected chi connectivity index (χ2v) is 7.25. The zero-order valence-corrected chi connectivity index (χ0v) is 19.4. The molecular formula is C25H36N2O6. The topological polar surface area (TPSA) is 101 Å². The van der Waals surface area contributed by atoms with Crippen molar-refractivity contribution in [3.05, 3.63) is 54.1 Å². The summed E-state index contributed by atoms with van der Waals surface area (Å²) in [7, 11) is 0. The van der Waals surface area contributed by atoms with Crippen LogP contribution in [0.25, 0.3) is 0 Å². The fraction of sp³-hybridized carbons (Fsp3) is 0.480. The fourth-order valence-corrected chi connectivity index (χ4v) is 2.73. The Hall–Kier alpha value is -2.81. The summed E-state index contributed by atoms with van der Waals surface area (Å²) in [5.41, 5.74) is 7.86. The molecule has 33 heavy (non-hydrogen) atoms. The van der Waals surface area contributed by atoms with Gasteiger partial charge in [0.1, 0.15) is 19.0 Å². The summed E-state index contributed by atoms with van der Waals surface area (Å²) in [4.78, 5) is 12.0. The smallest absolute Gasteiger partial charge is 0.338 e. The molecule has 0 aliphatic heterocycles. The van der Waals surface area contributed by atoms with E-state index in [1.54, 1.807) is 24.3 Å². The number of ether oxygens (including phenoxy) is 5. The number of unbranched alkanes of at least 4 members (excludes halogenated alkanes) is 1. The van der Waals surface area contributed by atoms with Crippen molar-refractivity contribution < 1.29 is 28.5 Å². The quantitative estimate of drug-likeness (QED) is 0.197. The van der Waals surface area contributed by atoms with Crippen LogP contribution in [0.5, 0.6) is 5.75 Å². The lowest BCUT2D eigenvalue weighted by Crippen LogP contribution is -2.15. The van der Waals surface area contributed by atoms with Gasteiger partial charge in [-0.2, -0.15) is 0 Å². The van der Waals surface area contributed by atoms with Gasteiger partial charge in [-0.1, -0.05) is 13.3 Å². The molecule has 182 valence electrons. The van der Waals surface area contributed by atoms with E-state index in [0.717, 1.165) is 30.8 Å². The average molecular weight is 461 g/mol. The maximum atomic E-state index is 12.0. The van der Waals surface area contributed by atoms with E-state index in [1.165, 1.54) is 0 Å². The first kappa shape index (κ1) is 26.4. The van der Waals surface area contributed by atoms with E-state index in [-0.39, 0.29) is 12.6 Å². The summed E-state index contributed by atoms with van der Waals surface area (Å²) in [5.74, 6) is 0.410. The van der Waals surface area contributed by atoms with E-state index in [9.17, 15) is 4.79 Å². The van der Waals surface area contributed by atoms with Crippen LogP contribution in [0.3, 0.4) is 0 Å². The van der Waals surface area contributed by atoms with E-state index in [2.05, 4.69) is 12.2 Å². The second kappa shape index (κ2) is 16.8. The largest absolute Gasteiger partial charge is 0.491 e. The van der Waals surface area contributed by atoms with Gasteiger partial charge in [0.25, 0.3) is 0 Å². The van der Waals surface area contributed by atoms with Gasteiger partial charge in [0.05, 0.1) is 45.2 Å². The van der Waals surface area contributed by atoms with Crippen LogP contribution < -0.4 is 15.8 Å². The number of anilines is 2. The van der Waals surface area contributed by atoms with Crippen LogP contribution in [-0.2, 0) is 18.9 Å². The number of nitrogens with two attached hydrogens (primary N) is 1. The number of nitrogens with one attached hydrogen (secondary N) is 1. The van der Waals surface area contributed by atoms with E-state index in [4.69, 9.17) is 29.4 Å². The molecule has 8 heteroatoms. The molecule has 0 aliphatic rings. The zero-order valence-electron chi connectivity index (χ0n) is 19.4. The molecule has 0 bridgehead atoms. The molecule has 3 N–H and O–H groups in total. The van der Waals surface area contributed by atoms with Gasteiger partial charge in [-0.25, -0.2) is 4.79 Å². The van der Waals surface area contributed by atoms with E-state index in [1.807, 2.05) is 24.3 Å². The highest BCUT2D eigenvalue weighted by molar-refractivity contribution is 5.89. The predicted octanol–water partition coefficient (Wildman–Crippen LogP) is 3.77. The first-order chi connectivity index (χ1) is 16.2. The number of carbonyl (C=O) groups excluding carboxylic acids is 1. The molecule has 0 radical (unpaired) electrons. The van der Waals surface area contributed by atoms with E-state index >= 15 is 0 Å². The molecule has 2 aromatic rings. The molecule has 0 atom stereocenters. The van der Waals surface area contributed by atoms with Crippen molar-refractivity contribution in [1.82, 2.24) is 0 Å². The fourth-order valence-electron chi connectivity index (χ4n) is 2.73. The third kappa shape index (κ3) is 12.1. The number of carbonyl (C=O) groups is 1. The SMILES string of the molecule is CCCCNc1ccc(C(=O)OCCOCCOCCOCCOc2ccc(N)cc2)cc1. The molecule has 0 aliphatic carbocycles. The lowest BCUT2D eigenvalue weighted by atomic mass is 10.2. The molecule has 2 aromatic carbocycles. The van der Waals surface area contributed by atoms with E-state index in [0.29, 0.717) is 57.5 Å². The Morgan fingerprint density at radius 2 is 1.36 bits per heavy atom. The predicted molar refractivity (Wildman–Crippen MR) is 129 cm³/mol. The normalized spacial score (nSPS) is 10.7. The number of nitrogen functional groups attached to an aromatic ring is 1. The molecular weight excluding hydrogens is 424 g/mol. The minimum Gasteiger partial charge on any atom is -0.491 e. The number of benzene rings is 2. The van der Waals surface area contributed by atoms with Crippen molar-refractivity contribution in [3.8, 4) is 5.75 Å². The highest BCUT2D eigenvalue weighted by Crippen LogP contribution is 2.13. The third-order valence-corrected chi connectivity index (χ3v) is 4.56. The Kier molecular flexibility index (Phi) is 13.4. The zero-order chi connectivity index (χ0) is 23.6. The van der Waals surface area contributed by atoms with Gasteiger partial charge in [-0.15, -0.1) is 0 Å². The van der Waals surface area contributed by atoms with Crippen LogP contribution >= 0.6 is 0 Å². The minimum atomic E-state index is -0.354. The van der Waals surface area contributed by atoms with Crippen LogP contribution in [-0.4, -0.2) is 65.4 Å². The van der Waals surface area contributed by atoms with Crippen molar-refractivity contribution in [2.24, 2.45) is 0 Å². The average Bonchev–Trinajstić information content (AvgIpc) is 2.83. The van der Waals surface area contributed by atoms with Crippen LogP contribution in [0, 0.1) is 0 Å². The highest BCUT2D eigenvalue weighted by atomic mass is 16.6. The molecule has 0 heterocycles. The number of hydrogen-bond donors (Lipinski definition) is 2. The first-order valence-corrected chi connectivity index (χ1v) is 11.4. The maximum Gasteiger partial charge on any atom is 0.338 e. The summed E-state index contributed by atoms with van der Waals surface area (Å²) < 4.78 is 27.1. The van der Waals surface area contributed by atoms with Crippen molar-refractivity contribution in [3.63, 3.8) is 0 Å². The molecule has 0 aromatic heterocycles. The van der Waals surface area contributed by atoms with Crippen LogP contribution in [0.4, 0.5) is 11.4 Å². The standard InChI is InChI=1S/C25H36N2O6/c1-2-3-12-27-23-8-4-21(5-9-23)25(28)33-20-18-31-16-14-29-13-15-30-17-19-32-24-10-6-22(26)7-11-24/h4-11,27H,2-3,12-20,26H2,1H3. The molecule has 0 fully saturated rings. The minimum absolute atomic E-state index is 0.201. The summed E-state index contributed by atoms with van der Waals surface area (Å²) in [6.07, 6.45) is 2.26. The molecule has 2 rings (SSSR count). The van der Waals surface area contributed by atoms with Crippen molar-refractivity contribution in [2.45, 2.75) is 19.8 Å². The van der Waals surface area contributed by atoms with Gasteiger partial charge in [0, 0.05) is 17.9 Å². The maximum absolute atomic E-state index is 12.0. The Morgan fingerprint density at radius 1 is 0.788 bits per heavy atom. The van der Waals surface area contributed by atoms with Gasteiger partial charge in [-0.05, 0) is 55.0 Å². The Labute approximate surface area is 196 Å². The first-order valence-electron chi connectivity index (χ1n) is 11.4. The van der Waals surface area contributed by atoms with Crippen molar-refractivity contribution >= 4 is 17.3 Å². The van der Waals surface area contributed by atoms with Crippen molar-refractivity contribution in [1.29, 1.82) is 0 Å². The van der Waals surface area contributed by atoms with Crippen molar-refractivity contribution in [2.75, 3.05) is 70.5 Å². The third-order valence-electron chi connectivity index (χ3n) is 4.56. The van der Waals surface area contributed by atoms with Gasteiger partial charge < -0.3 is 34.7 Å².